The maximum Gasteiger partial charge on any atom is 0.122 e. The summed E-state index contributed by atoms with van der Waals surface area (Å²) in [6.45, 7) is 3.01. The van der Waals surface area contributed by atoms with Gasteiger partial charge in [0.2, 0.25) is 0 Å². The number of hydrogen-bond acceptors (Lipinski definition) is 2. The van der Waals surface area contributed by atoms with Crippen LogP contribution in [-0.2, 0) is 0 Å². The quantitative estimate of drug-likeness (QED) is 0.787. The molecule has 2 heteroatoms. The number of aliphatic hydroxyl groups excluding tert-OH is 1. The highest BCUT2D eigenvalue weighted by atomic mass is 16.5. The number of benzene rings is 1. The molecule has 0 amide bonds. The van der Waals surface area contributed by atoms with Crippen LogP contribution in [0.2, 0.25) is 0 Å². The van der Waals surface area contributed by atoms with E-state index in [0.717, 1.165) is 30.8 Å². The van der Waals surface area contributed by atoms with Gasteiger partial charge in [-0.3, -0.25) is 0 Å². The maximum absolute atomic E-state index is 9.10. The van der Waals surface area contributed by atoms with Gasteiger partial charge in [0.15, 0.2) is 0 Å². The molecule has 0 saturated heterocycles. The van der Waals surface area contributed by atoms with E-state index in [1.54, 1.807) is 0 Å². The smallest absolute Gasteiger partial charge is 0.122 e. The van der Waals surface area contributed by atoms with Gasteiger partial charge in [0.05, 0.1) is 13.2 Å². The lowest BCUT2D eigenvalue weighted by atomic mass is 9.96. The summed E-state index contributed by atoms with van der Waals surface area (Å²) >= 11 is 0. The van der Waals surface area contributed by atoms with Gasteiger partial charge in [-0.2, -0.15) is 0 Å². The van der Waals surface area contributed by atoms with Gasteiger partial charge in [-0.25, -0.2) is 0 Å². The lowest BCUT2D eigenvalue weighted by molar-refractivity contribution is 0.323. The Hall–Kier alpha value is -1.28. The van der Waals surface area contributed by atoms with Crippen molar-refractivity contribution in [1.29, 1.82) is 0 Å². The molecule has 1 N–H and O–H groups in total. The van der Waals surface area contributed by atoms with Gasteiger partial charge in [0, 0.05) is 11.5 Å². The van der Waals surface area contributed by atoms with E-state index in [-0.39, 0.29) is 6.61 Å². The van der Waals surface area contributed by atoms with E-state index in [1.165, 1.54) is 5.56 Å². The van der Waals surface area contributed by atoms with Crippen LogP contribution in [0.25, 0.3) is 0 Å². The van der Waals surface area contributed by atoms with Gasteiger partial charge in [-0.05, 0) is 24.5 Å². The second kappa shape index (κ2) is 5.17. The molecule has 0 spiro atoms. The molecule has 0 saturated carbocycles. The maximum atomic E-state index is 9.10. The monoisotopic (exact) mass is 218 g/mol. The first kappa shape index (κ1) is 11.2. The minimum absolute atomic E-state index is 0.172. The van der Waals surface area contributed by atoms with Crippen LogP contribution in [0.4, 0.5) is 0 Å². The van der Waals surface area contributed by atoms with Gasteiger partial charge in [-0.1, -0.05) is 31.2 Å². The number of allylic oxidation sites excluding steroid dienone is 1. The second-order valence-electron chi connectivity index (χ2n) is 4.16. The summed E-state index contributed by atoms with van der Waals surface area (Å²) in [6.07, 6.45) is 4.03. The Morgan fingerprint density at radius 2 is 2.31 bits per heavy atom. The summed E-state index contributed by atoms with van der Waals surface area (Å²) < 4.78 is 5.62. The predicted molar refractivity (Wildman–Crippen MR) is 64.8 cm³/mol. The third-order valence-corrected chi connectivity index (χ3v) is 3.15. The molecule has 86 valence electrons. The van der Waals surface area contributed by atoms with E-state index in [9.17, 15) is 0 Å². The second-order valence-corrected chi connectivity index (χ2v) is 4.16. The molecule has 0 aliphatic carbocycles. The summed E-state index contributed by atoms with van der Waals surface area (Å²) in [5.74, 6) is 1.47. The molecule has 16 heavy (non-hydrogen) atoms. The van der Waals surface area contributed by atoms with Crippen molar-refractivity contribution in [3.05, 3.63) is 41.5 Å². The van der Waals surface area contributed by atoms with Crippen LogP contribution in [-0.4, -0.2) is 18.3 Å². The van der Waals surface area contributed by atoms with Crippen LogP contribution in [0.15, 0.2) is 35.9 Å². The number of aliphatic hydroxyl groups is 1. The largest absolute Gasteiger partial charge is 0.493 e. The number of para-hydroxylation sites is 1. The minimum Gasteiger partial charge on any atom is -0.493 e. The first-order chi connectivity index (χ1) is 7.85. The summed E-state index contributed by atoms with van der Waals surface area (Å²) in [6, 6.07) is 8.20. The van der Waals surface area contributed by atoms with Crippen LogP contribution in [0, 0.1) is 0 Å². The molecular weight excluding hydrogens is 200 g/mol. The molecule has 0 aromatic heterocycles. The third-order valence-electron chi connectivity index (χ3n) is 3.15. The molecule has 1 atom stereocenters. The Kier molecular flexibility index (Phi) is 3.62. The van der Waals surface area contributed by atoms with Crippen molar-refractivity contribution < 1.29 is 9.84 Å². The normalized spacial score (nSPS) is 19.4. The lowest BCUT2D eigenvalue weighted by Crippen LogP contribution is -2.00. The molecular formula is C14H18O2. The first-order valence-electron chi connectivity index (χ1n) is 5.85. The highest BCUT2D eigenvalue weighted by molar-refractivity contribution is 5.39. The zero-order valence-corrected chi connectivity index (χ0v) is 9.65. The lowest BCUT2D eigenvalue weighted by Gasteiger charge is -2.06. The Labute approximate surface area is 96.6 Å². The van der Waals surface area contributed by atoms with Crippen molar-refractivity contribution in [2.45, 2.75) is 25.7 Å². The predicted octanol–water partition coefficient (Wildman–Crippen LogP) is 2.88. The van der Waals surface area contributed by atoms with E-state index < -0.39 is 0 Å². The Morgan fingerprint density at radius 3 is 3.06 bits per heavy atom. The minimum atomic E-state index is 0.172. The molecule has 1 heterocycles. The number of ether oxygens (including phenoxy) is 1. The van der Waals surface area contributed by atoms with E-state index in [4.69, 9.17) is 9.84 Å². The molecule has 1 unspecified atom stereocenters. The molecule has 1 aromatic carbocycles. The molecule has 0 radical (unpaired) electrons. The van der Waals surface area contributed by atoms with Crippen LogP contribution >= 0.6 is 0 Å². The molecule has 0 bridgehead atoms. The van der Waals surface area contributed by atoms with Crippen molar-refractivity contribution in [2.75, 3.05) is 13.2 Å². The zero-order valence-electron chi connectivity index (χ0n) is 9.65. The molecule has 1 aromatic rings. The van der Waals surface area contributed by atoms with Crippen molar-refractivity contribution in [2.24, 2.45) is 0 Å². The Balaban J connectivity index is 2.06. The van der Waals surface area contributed by atoms with Crippen molar-refractivity contribution >= 4 is 0 Å². The van der Waals surface area contributed by atoms with E-state index >= 15 is 0 Å². The number of fused-ring (bicyclic) bond motifs is 1. The molecule has 2 nitrogen and oxygen atoms in total. The van der Waals surface area contributed by atoms with Gasteiger partial charge in [0.25, 0.3) is 0 Å². The molecule has 1 aliphatic heterocycles. The summed E-state index contributed by atoms with van der Waals surface area (Å²) in [4.78, 5) is 0. The summed E-state index contributed by atoms with van der Waals surface area (Å²) in [5, 5.41) is 9.10. The fourth-order valence-electron chi connectivity index (χ4n) is 2.05. The first-order valence-corrected chi connectivity index (χ1v) is 5.85. The van der Waals surface area contributed by atoms with E-state index in [1.807, 2.05) is 12.1 Å². The topological polar surface area (TPSA) is 29.5 Å². The molecule has 0 fully saturated rings. The average molecular weight is 218 g/mol. The van der Waals surface area contributed by atoms with Gasteiger partial charge >= 0.3 is 0 Å². The Bertz CT molecular complexity index is 376. The van der Waals surface area contributed by atoms with Crippen LogP contribution in [0.1, 0.15) is 31.2 Å². The summed E-state index contributed by atoms with van der Waals surface area (Å²) in [5.41, 5.74) is 2.41. The highest BCUT2D eigenvalue weighted by Crippen LogP contribution is 2.35. The number of rotatable bonds is 4. The molecule has 2 rings (SSSR count). The fraction of sp³-hybridized carbons (Fsp3) is 0.429. The van der Waals surface area contributed by atoms with Gasteiger partial charge < -0.3 is 9.84 Å². The summed E-state index contributed by atoms with van der Waals surface area (Å²) in [7, 11) is 0. The zero-order chi connectivity index (χ0) is 11.4. The fourth-order valence-corrected chi connectivity index (χ4v) is 2.05. The van der Waals surface area contributed by atoms with Crippen LogP contribution < -0.4 is 4.74 Å². The number of hydrogen-bond donors (Lipinski definition) is 1. The van der Waals surface area contributed by atoms with Crippen LogP contribution in [0.3, 0.4) is 0 Å². The third kappa shape index (κ3) is 2.27. The van der Waals surface area contributed by atoms with E-state index in [0.29, 0.717) is 5.92 Å². The van der Waals surface area contributed by atoms with E-state index in [2.05, 4.69) is 25.1 Å². The highest BCUT2D eigenvalue weighted by Gasteiger charge is 2.22. The van der Waals surface area contributed by atoms with Crippen molar-refractivity contribution in [3.8, 4) is 5.75 Å². The standard InChI is InChI=1S/C14H18O2/c1-2-11(9-15)7-8-12-10-16-14-6-4-3-5-13(12)14/h3-7,12,15H,2,8-10H2,1H3. The van der Waals surface area contributed by atoms with Gasteiger partial charge in [-0.15, -0.1) is 0 Å². The SMILES string of the molecule is CCC(=CCC1COc2ccccc21)CO. The van der Waals surface area contributed by atoms with Crippen LogP contribution in [0.5, 0.6) is 5.75 Å². The van der Waals surface area contributed by atoms with Gasteiger partial charge in [0.1, 0.15) is 5.75 Å². The average Bonchev–Trinajstić information content (AvgIpc) is 2.74. The Morgan fingerprint density at radius 1 is 1.50 bits per heavy atom. The van der Waals surface area contributed by atoms with Crippen molar-refractivity contribution in [3.63, 3.8) is 0 Å². The van der Waals surface area contributed by atoms with Crippen molar-refractivity contribution in [1.82, 2.24) is 0 Å². The molecule has 1 aliphatic rings.